The maximum Gasteiger partial charge on any atom is -0.00214 e. The fourth-order valence-electron chi connectivity index (χ4n) is 2.22. The van der Waals surface area contributed by atoms with Gasteiger partial charge in [-0.05, 0) is 65.6 Å². The molecule has 0 bridgehead atoms. The van der Waals surface area contributed by atoms with Crippen molar-refractivity contribution in [3.8, 4) is 0 Å². The monoisotopic (exact) mass is 281 g/mol. The highest BCUT2D eigenvalue weighted by atomic mass is 15.1. The molecule has 0 heterocycles. The van der Waals surface area contributed by atoms with Crippen molar-refractivity contribution in [3.05, 3.63) is 23.3 Å². The summed E-state index contributed by atoms with van der Waals surface area (Å²) in [7, 11) is 0. The van der Waals surface area contributed by atoms with Gasteiger partial charge in [-0.15, -0.1) is 0 Å². The minimum Gasteiger partial charge on any atom is -0.303 e. The van der Waals surface area contributed by atoms with E-state index in [9.17, 15) is 0 Å². The van der Waals surface area contributed by atoms with Crippen molar-refractivity contribution in [2.24, 2.45) is 0 Å². The van der Waals surface area contributed by atoms with Crippen molar-refractivity contribution >= 4 is 0 Å². The average molecular weight is 282 g/mol. The maximum atomic E-state index is 2.54. The number of rotatable bonds is 9. The molecule has 0 amide bonds. The molecule has 1 nitrogen and oxygen atoms in total. The molecule has 0 saturated carbocycles. The van der Waals surface area contributed by atoms with Gasteiger partial charge in [0.1, 0.15) is 0 Å². The predicted molar refractivity (Wildman–Crippen MR) is 95.4 cm³/mol. The minimum absolute atomic E-state index is 1.15. The van der Waals surface area contributed by atoms with E-state index >= 15 is 0 Å². The van der Waals surface area contributed by atoms with E-state index in [-0.39, 0.29) is 0 Å². The van der Waals surface area contributed by atoms with Gasteiger partial charge >= 0.3 is 0 Å². The average Bonchev–Trinajstić information content (AvgIpc) is 2.39. The number of hydrogen-bond donors (Lipinski definition) is 0. The summed E-state index contributed by atoms with van der Waals surface area (Å²) in [6.45, 7) is 19.2. The summed E-state index contributed by atoms with van der Waals surface area (Å²) in [6.07, 6.45) is 10.7. The lowest BCUT2D eigenvalue weighted by atomic mass is 10.1. The Balaban J connectivity index is 0. The molecule has 20 heavy (non-hydrogen) atoms. The normalized spacial score (nSPS) is 11.1. The van der Waals surface area contributed by atoms with Gasteiger partial charge in [0.25, 0.3) is 0 Å². The van der Waals surface area contributed by atoms with Crippen LogP contribution in [0.15, 0.2) is 23.3 Å². The van der Waals surface area contributed by atoms with Gasteiger partial charge < -0.3 is 4.90 Å². The van der Waals surface area contributed by atoms with Gasteiger partial charge in [0.2, 0.25) is 0 Å². The largest absolute Gasteiger partial charge is 0.303 e. The Labute approximate surface area is 129 Å². The van der Waals surface area contributed by atoms with Crippen LogP contribution in [-0.2, 0) is 0 Å². The Kier molecular flexibility index (Phi) is 17.9. The van der Waals surface area contributed by atoms with Gasteiger partial charge in [0.15, 0.2) is 0 Å². The Hall–Kier alpha value is -0.560. The molecule has 0 radical (unpaired) electrons. The Morgan fingerprint density at radius 1 is 0.800 bits per heavy atom. The van der Waals surface area contributed by atoms with Gasteiger partial charge in [0, 0.05) is 0 Å². The number of allylic oxidation sites excluding steroid dienone is 4. The molecule has 0 saturated heterocycles. The number of hydrogen-bond acceptors (Lipinski definition) is 1. The molecule has 0 unspecified atom stereocenters. The van der Waals surface area contributed by atoms with Crippen LogP contribution in [0.2, 0.25) is 0 Å². The molecule has 0 aromatic carbocycles. The Morgan fingerprint density at radius 2 is 1.25 bits per heavy atom. The first-order chi connectivity index (χ1) is 9.55. The van der Waals surface area contributed by atoms with Crippen molar-refractivity contribution < 1.29 is 0 Å². The molecule has 0 aliphatic heterocycles. The van der Waals surface area contributed by atoms with Crippen LogP contribution in [0.25, 0.3) is 0 Å². The number of nitrogens with zero attached hydrogens (tertiary/aromatic N) is 1. The Morgan fingerprint density at radius 3 is 1.50 bits per heavy atom. The SMILES string of the molecule is CC/C=C(\C=C(C)C)CC.CCCN(CCC)CCC. The van der Waals surface area contributed by atoms with E-state index in [0.717, 1.165) is 12.8 Å². The standard InChI is InChI=1S/C10H18.C9H21N/c1-5-7-10(6-2)8-9(3)4;1-4-7-10(8-5-2)9-6-3/h7-8H,5-6H2,1-4H3;4-9H2,1-3H3/b10-7-;. The van der Waals surface area contributed by atoms with Crippen molar-refractivity contribution in [1.82, 2.24) is 4.90 Å². The van der Waals surface area contributed by atoms with Crippen molar-refractivity contribution in [2.75, 3.05) is 19.6 Å². The molecule has 0 aromatic rings. The highest BCUT2D eigenvalue weighted by Crippen LogP contribution is 2.06. The molecule has 120 valence electrons. The van der Waals surface area contributed by atoms with Crippen LogP contribution < -0.4 is 0 Å². The molecular formula is C19H39N. The molecule has 0 fully saturated rings. The zero-order valence-electron chi connectivity index (χ0n) is 15.3. The first kappa shape index (κ1) is 21.7. The van der Waals surface area contributed by atoms with Gasteiger partial charge in [-0.1, -0.05) is 57.9 Å². The second kappa shape index (κ2) is 16.5. The molecule has 0 rings (SSSR count). The summed E-state index contributed by atoms with van der Waals surface area (Å²) >= 11 is 0. The van der Waals surface area contributed by atoms with Crippen LogP contribution in [0.5, 0.6) is 0 Å². The lowest BCUT2D eigenvalue weighted by Crippen LogP contribution is -2.25. The zero-order chi connectivity index (χ0) is 15.8. The van der Waals surface area contributed by atoms with Crippen molar-refractivity contribution in [3.63, 3.8) is 0 Å². The fraction of sp³-hybridized carbons (Fsp3) is 0.789. The first-order valence-electron chi connectivity index (χ1n) is 8.61. The highest BCUT2D eigenvalue weighted by molar-refractivity contribution is 5.21. The van der Waals surface area contributed by atoms with E-state index in [1.165, 1.54) is 50.0 Å². The van der Waals surface area contributed by atoms with Crippen LogP contribution in [0, 0.1) is 0 Å². The highest BCUT2D eigenvalue weighted by Gasteiger charge is 1.98. The molecular weight excluding hydrogens is 242 g/mol. The smallest absolute Gasteiger partial charge is 0.00214 e. The van der Waals surface area contributed by atoms with Crippen LogP contribution in [-0.4, -0.2) is 24.5 Å². The summed E-state index contributed by atoms with van der Waals surface area (Å²) in [6, 6.07) is 0. The molecule has 0 spiro atoms. The van der Waals surface area contributed by atoms with E-state index in [0.29, 0.717) is 0 Å². The van der Waals surface area contributed by atoms with Crippen LogP contribution in [0.4, 0.5) is 0 Å². The van der Waals surface area contributed by atoms with Gasteiger partial charge in [-0.3, -0.25) is 0 Å². The van der Waals surface area contributed by atoms with Crippen molar-refractivity contribution in [2.45, 2.75) is 80.6 Å². The summed E-state index contributed by atoms with van der Waals surface area (Å²) in [4.78, 5) is 2.54. The lowest BCUT2D eigenvalue weighted by Gasteiger charge is -2.19. The molecule has 0 aromatic heterocycles. The third-order valence-electron chi connectivity index (χ3n) is 2.97. The van der Waals surface area contributed by atoms with Crippen molar-refractivity contribution in [1.29, 1.82) is 0 Å². The van der Waals surface area contributed by atoms with E-state index in [2.05, 4.69) is 65.5 Å². The fourth-order valence-corrected chi connectivity index (χ4v) is 2.22. The molecule has 0 aliphatic carbocycles. The topological polar surface area (TPSA) is 3.24 Å². The summed E-state index contributed by atoms with van der Waals surface area (Å²) in [5.41, 5.74) is 2.85. The van der Waals surface area contributed by atoms with Crippen LogP contribution >= 0.6 is 0 Å². The molecule has 1 heteroatoms. The summed E-state index contributed by atoms with van der Waals surface area (Å²) < 4.78 is 0. The summed E-state index contributed by atoms with van der Waals surface area (Å²) in [5.74, 6) is 0. The maximum absolute atomic E-state index is 2.54. The van der Waals surface area contributed by atoms with Gasteiger partial charge in [0.05, 0.1) is 0 Å². The van der Waals surface area contributed by atoms with Crippen LogP contribution in [0.3, 0.4) is 0 Å². The first-order valence-corrected chi connectivity index (χ1v) is 8.61. The third-order valence-corrected chi connectivity index (χ3v) is 2.97. The van der Waals surface area contributed by atoms with Crippen LogP contribution in [0.1, 0.15) is 80.6 Å². The van der Waals surface area contributed by atoms with E-state index in [1.54, 1.807) is 0 Å². The molecule has 0 N–H and O–H groups in total. The molecule has 0 atom stereocenters. The minimum atomic E-state index is 1.15. The van der Waals surface area contributed by atoms with Gasteiger partial charge in [-0.2, -0.15) is 0 Å². The second-order valence-corrected chi connectivity index (χ2v) is 5.60. The lowest BCUT2D eigenvalue weighted by molar-refractivity contribution is 0.275. The molecule has 0 aliphatic rings. The second-order valence-electron chi connectivity index (χ2n) is 5.60. The Bertz CT molecular complexity index is 232. The van der Waals surface area contributed by atoms with E-state index in [4.69, 9.17) is 0 Å². The quantitative estimate of drug-likeness (QED) is 0.454. The van der Waals surface area contributed by atoms with E-state index in [1.807, 2.05) is 0 Å². The summed E-state index contributed by atoms with van der Waals surface area (Å²) in [5, 5.41) is 0. The third kappa shape index (κ3) is 15.5. The van der Waals surface area contributed by atoms with E-state index < -0.39 is 0 Å². The zero-order valence-corrected chi connectivity index (χ0v) is 15.3. The predicted octanol–water partition coefficient (Wildman–Crippen LogP) is 6.22. The van der Waals surface area contributed by atoms with Gasteiger partial charge in [-0.25, -0.2) is 0 Å².